The highest BCUT2D eigenvalue weighted by molar-refractivity contribution is 7.17. The number of carbonyl (C=O) groups is 2. The number of benzene rings is 1. The summed E-state index contributed by atoms with van der Waals surface area (Å²) in [6.07, 6.45) is 2.33. The molecule has 1 atom stereocenters. The highest BCUT2D eigenvalue weighted by Gasteiger charge is 2.30. The van der Waals surface area contributed by atoms with Crippen LogP contribution in [0, 0.1) is 16.0 Å². The fourth-order valence-corrected chi connectivity index (χ4v) is 4.66. The SMILES string of the molecule is CC1CCc2c(sc(NC(=O)c3cccc([N+](=O)[O-])c3)c2C(=O)OC(C)C)C1. The average molecular weight is 402 g/mol. The minimum atomic E-state index is -0.548. The van der Waals surface area contributed by atoms with Crippen LogP contribution in [0.15, 0.2) is 24.3 Å². The Morgan fingerprint density at radius 1 is 1.36 bits per heavy atom. The summed E-state index contributed by atoms with van der Waals surface area (Å²) in [6, 6.07) is 5.51. The second-order valence-electron chi connectivity index (χ2n) is 7.27. The summed E-state index contributed by atoms with van der Waals surface area (Å²) >= 11 is 1.39. The van der Waals surface area contributed by atoms with Crippen molar-refractivity contribution < 1.29 is 19.2 Å². The highest BCUT2D eigenvalue weighted by Crippen LogP contribution is 2.40. The van der Waals surface area contributed by atoms with E-state index >= 15 is 0 Å². The average Bonchev–Trinajstić information content (AvgIpc) is 2.98. The lowest BCUT2D eigenvalue weighted by atomic mass is 9.88. The fourth-order valence-electron chi connectivity index (χ4n) is 3.26. The molecule has 0 saturated heterocycles. The number of non-ortho nitro benzene ring substituents is 1. The number of thiophene rings is 1. The Balaban J connectivity index is 1.94. The van der Waals surface area contributed by atoms with Gasteiger partial charge < -0.3 is 10.1 Å². The van der Waals surface area contributed by atoms with Crippen LogP contribution in [0.25, 0.3) is 0 Å². The predicted molar refractivity (Wildman–Crippen MR) is 107 cm³/mol. The molecule has 0 saturated carbocycles. The van der Waals surface area contributed by atoms with Gasteiger partial charge in [-0.05, 0) is 50.7 Å². The summed E-state index contributed by atoms with van der Waals surface area (Å²) in [5.74, 6) is -0.425. The van der Waals surface area contributed by atoms with Crippen LogP contribution in [0.5, 0.6) is 0 Å². The van der Waals surface area contributed by atoms with Gasteiger partial charge in [0.1, 0.15) is 5.00 Å². The molecule has 0 fully saturated rings. The molecular formula is C20H22N2O5S. The maximum atomic E-state index is 12.7. The molecule has 1 heterocycles. The van der Waals surface area contributed by atoms with Crippen molar-refractivity contribution in [1.29, 1.82) is 0 Å². The first-order chi connectivity index (χ1) is 13.3. The van der Waals surface area contributed by atoms with Crippen molar-refractivity contribution in [3.63, 3.8) is 0 Å². The fraction of sp³-hybridized carbons (Fsp3) is 0.400. The smallest absolute Gasteiger partial charge is 0.341 e. The number of hydrogen-bond donors (Lipinski definition) is 1. The van der Waals surface area contributed by atoms with E-state index in [1.165, 1.54) is 35.6 Å². The topological polar surface area (TPSA) is 98.5 Å². The standard InChI is InChI=1S/C20H22N2O5S/c1-11(2)27-20(24)17-15-8-7-12(3)9-16(15)28-19(17)21-18(23)13-5-4-6-14(10-13)22(25)26/h4-6,10-12H,7-9H2,1-3H3,(H,21,23). The summed E-state index contributed by atoms with van der Waals surface area (Å²) in [5, 5.41) is 14.2. The molecule has 148 valence electrons. The largest absolute Gasteiger partial charge is 0.459 e. The van der Waals surface area contributed by atoms with Crippen LogP contribution >= 0.6 is 11.3 Å². The van der Waals surface area contributed by atoms with Crippen LogP contribution in [0.1, 0.15) is 58.3 Å². The van der Waals surface area contributed by atoms with E-state index in [1.807, 2.05) is 0 Å². The van der Waals surface area contributed by atoms with Crippen LogP contribution in [-0.4, -0.2) is 22.9 Å². The van der Waals surface area contributed by atoms with Crippen LogP contribution in [-0.2, 0) is 17.6 Å². The Bertz CT molecular complexity index is 935. The molecule has 1 unspecified atom stereocenters. The summed E-state index contributed by atoms with van der Waals surface area (Å²) < 4.78 is 5.39. The lowest BCUT2D eigenvalue weighted by Gasteiger charge is -2.18. The third kappa shape index (κ3) is 4.22. The number of ether oxygens (including phenoxy) is 1. The molecule has 2 aromatic rings. The molecule has 0 spiro atoms. The second kappa shape index (κ2) is 8.10. The predicted octanol–water partition coefficient (Wildman–Crippen LogP) is 4.60. The van der Waals surface area contributed by atoms with Gasteiger partial charge in [-0.2, -0.15) is 0 Å². The highest BCUT2D eigenvalue weighted by atomic mass is 32.1. The van der Waals surface area contributed by atoms with Crippen LogP contribution in [0.4, 0.5) is 10.7 Å². The second-order valence-corrected chi connectivity index (χ2v) is 8.38. The zero-order chi connectivity index (χ0) is 20.4. The van der Waals surface area contributed by atoms with Gasteiger partial charge in [0, 0.05) is 22.6 Å². The van der Waals surface area contributed by atoms with Gasteiger partial charge >= 0.3 is 5.97 Å². The Labute approximate surface area is 166 Å². The van der Waals surface area contributed by atoms with Gasteiger partial charge in [0.05, 0.1) is 16.6 Å². The molecule has 3 rings (SSSR count). The molecule has 1 aromatic carbocycles. The molecule has 7 nitrogen and oxygen atoms in total. The molecule has 28 heavy (non-hydrogen) atoms. The van der Waals surface area contributed by atoms with Crippen molar-refractivity contribution in [3.8, 4) is 0 Å². The maximum absolute atomic E-state index is 12.7. The van der Waals surface area contributed by atoms with Crippen LogP contribution < -0.4 is 5.32 Å². The van der Waals surface area contributed by atoms with Gasteiger partial charge in [-0.1, -0.05) is 13.0 Å². The number of anilines is 1. The summed E-state index contributed by atoms with van der Waals surface area (Å²) in [6.45, 7) is 5.72. The molecular weight excluding hydrogens is 380 g/mol. The number of amides is 1. The van der Waals surface area contributed by atoms with Gasteiger partial charge in [-0.25, -0.2) is 4.79 Å². The zero-order valence-corrected chi connectivity index (χ0v) is 16.8. The Morgan fingerprint density at radius 3 is 2.79 bits per heavy atom. The van der Waals surface area contributed by atoms with Crippen molar-refractivity contribution in [1.82, 2.24) is 0 Å². The van der Waals surface area contributed by atoms with E-state index in [1.54, 1.807) is 13.8 Å². The first kappa shape index (κ1) is 20.0. The van der Waals surface area contributed by atoms with E-state index in [9.17, 15) is 19.7 Å². The van der Waals surface area contributed by atoms with E-state index in [0.29, 0.717) is 16.5 Å². The van der Waals surface area contributed by atoms with Crippen LogP contribution in [0.2, 0.25) is 0 Å². The summed E-state index contributed by atoms with van der Waals surface area (Å²) in [5.41, 5.74) is 1.37. The third-order valence-electron chi connectivity index (χ3n) is 4.60. The number of nitro groups is 1. The molecule has 1 aliphatic rings. The van der Waals surface area contributed by atoms with E-state index in [-0.39, 0.29) is 17.4 Å². The normalized spacial score (nSPS) is 15.8. The number of nitrogens with one attached hydrogen (secondary N) is 1. The summed E-state index contributed by atoms with van der Waals surface area (Å²) in [4.78, 5) is 36.9. The zero-order valence-electron chi connectivity index (χ0n) is 16.0. The Hall–Kier alpha value is -2.74. The number of hydrogen-bond acceptors (Lipinski definition) is 6. The lowest BCUT2D eigenvalue weighted by molar-refractivity contribution is -0.384. The van der Waals surface area contributed by atoms with Crippen molar-refractivity contribution in [2.75, 3.05) is 5.32 Å². The van der Waals surface area contributed by atoms with E-state index in [2.05, 4.69) is 12.2 Å². The van der Waals surface area contributed by atoms with E-state index in [4.69, 9.17) is 4.74 Å². The van der Waals surface area contributed by atoms with E-state index < -0.39 is 16.8 Å². The molecule has 1 aliphatic carbocycles. The molecule has 0 radical (unpaired) electrons. The first-order valence-corrected chi connectivity index (χ1v) is 9.99. The Kier molecular flexibility index (Phi) is 5.79. The molecule has 8 heteroatoms. The minimum absolute atomic E-state index is 0.161. The number of nitro benzene ring substituents is 1. The van der Waals surface area contributed by atoms with Crippen molar-refractivity contribution >= 4 is 33.9 Å². The van der Waals surface area contributed by atoms with Gasteiger partial charge in [0.2, 0.25) is 0 Å². The molecule has 0 bridgehead atoms. The minimum Gasteiger partial charge on any atom is -0.459 e. The number of carbonyl (C=O) groups excluding carboxylic acids is 2. The number of rotatable bonds is 5. The van der Waals surface area contributed by atoms with Gasteiger partial charge in [0.15, 0.2) is 0 Å². The Morgan fingerprint density at radius 2 is 2.11 bits per heavy atom. The first-order valence-electron chi connectivity index (χ1n) is 9.17. The summed E-state index contributed by atoms with van der Waals surface area (Å²) in [7, 11) is 0. The van der Waals surface area contributed by atoms with Crippen molar-refractivity contribution in [3.05, 3.63) is 55.9 Å². The number of fused-ring (bicyclic) bond motifs is 1. The monoisotopic (exact) mass is 402 g/mol. The van der Waals surface area contributed by atoms with Crippen molar-refractivity contribution in [2.45, 2.75) is 46.1 Å². The maximum Gasteiger partial charge on any atom is 0.341 e. The molecule has 0 aliphatic heterocycles. The number of esters is 1. The van der Waals surface area contributed by atoms with E-state index in [0.717, 1.165) is 29.7 Å². The number of nitrogens with zero attached hydrogens (tertiary/aromatic N) is 1. The van der Waals surface area contributed by atoms with Crippen molar-refractivity contribution in [2.24, 2.45) is 5.92 Å². The van der Waals surface area contributed by atoms with Crippen LogP contribution in [0.3, 0.4) is 0 Å². The molecule has 1 amide bonds. The van der Waals surface area contributed by atoms with Gasteiger partial charge in [-0.15, -0.1) is 11.3 Å². The molecule has 1 N–H and O–H groups in total. The third-order valence-corrected chi connectivity index (χ3v) is 5.77. The van der Waals surface area contributed by atoms with Gasteiger partial charge in [-0.3, -0.25) is 14.9 Å². The lowest BCUT2D eigenvalue weighted by Crippen LogP contribution is -2.18. The molecule has 1 aromatic heterocycles. The van der Waals surface area contributed by atoms with Gasteiger partial charge in [0.25, 0.3) is 11.6 Å². The quantitative estimate of drug-likeness (QED) is 0.448.